The Morgan fingerprint density at radius 3 is 2.73 bits per heavy atom. The highest BCUT2D eigenvalue weighted by Crippen LogP contribution is 2.33. The molecule has 1 saturated carbocycles. The molecule has 0 aromatic carbocycles. The van der Waals surface area contributed by atoms with Gasteiger partial charge < -0.3 is 4.74 Å². The minimum atomic E-state index is -0.656. The van der Waals surface area contributed by atoms with Crippen molar-refractivity contribution in [3.8, 4) is 0 Å². The van der Waals surface area contributed by atoms with Crippen LogP contribution < -0.4 is 10.2 Å². The summed E-state index contributed by atoms with van der Waals surface area (Å²) in [5.41, 5.74) is 0.563. The molecule has 10 heteroatoms. The van der Waals surface area contributed by atoms with E-state index in [-0.39, 0.29) is 17.5 Å². The van der Waals surface area contributed by atoms with E-state index in [1.807, 2.05) is 20.8 Å². The maximum atomic E-state index is 12.9. The Balaban J connectivity index is 1.77. The zero-order valence-electron chi connectivity index (χ0n) is 16.9. The average Bonchev–Trinajstić information content (AvgIpc) is 3.28. The van der Waals surface area contributed by atoms with Crippen molar-refractivity contribution in [1.29, 1.82) is 0 Å². The van der Waals surface area contributed by atoms with Crippen LogP contribution in [0.15, 0.2) is 17.8 Å². The first-order valence-electron chi connectivity index (χ1n) is 9.70. The Hall–Kier alpha value is -2.94. The SMILES string of the molecule is CC(C)(C)OC(=O)N(CC1CC1)c1cc(Cl)nc2c(/C=C3\CC(=O)NC3=O)cnn12. The third kappa shape index (κ3) is 4.30. The summed E-state index contributed by atoms with van der Waals surface area (Å²) in [6, 6.07) is 1.57. The molecular formula is C20H22ClN5O4. The average molecular weight is 432 g/mol. The fourth-order valence-electron chi connectivity index (χ4n) is 3.18. The van der Waals surface area contributed by atoms with Gasteiger partial charge in [0, 0.05) is 23.7 Å². The number of ether oxygens (including phenoxy) is 1. The number of imide groups is 1. The van der Waals surface area contributed by atoms with E-state index in [2.05, 4.69) is 15.4 Å². The van der Waals surface area contributed by atoms with Gasteiger partial charge in [-0.15, -0.1) is 0 Å². The minimum Gasteiger partial charge on any atom is -0.443 e. The second-order valence-electron chi connectivity index (χ2n) is 8.53. The van der Waals surface area contributed by atoms with Crippen molar-refractivity contribution in [3.63, 3.8) is 0 Å². The molecule has 158 valence electrons. The highest BCUT2D eigenvalue weighted by molar-refractivity contribution is 6.29. The molecule has 1 N–H and O–H groups in total. The first-order chi connectivity index (χ1) is 14.1. The van der Waals surface area contributed by atoms with Crippen molar-refractivity contribution >= 4 is 47.0 Å². The molecule has 1 saturated heterocycles. The van der Waals surface area contributed by atoms with Crippen LogP contribution in [0.3, 0.4) is 0 Å². The predicted octanol–water partition coefficient (Wildman–Crippen LogP) is 2.96. The molecule has 0 unspecified atom stereocenters. The summed E-state index contributed by atoms with van der Waals surface area (Å²) >= 11 is 6.27. The summed E-state index contributed by atoms with van der Waals surface area (Å²) in [6.07, 6.45) is 4.68. The third-order valence-corrected chi connectivity index (χ3v) is 4.90. The van der Waals surface area contributed by atoms with Gasteiger partial charge in [-0.2, -0.15) is 9.61 Å². The van der Waals surface area contributed by atoms with Gasteiger partial charge in [0.2, 0.25) is 5.91 Å². The lowest BCUT2D eigenvalue weighted by Crippen LogP contribution is -2.39. The van der Waals surface area contributed by atoms with Crippen molar-refractivity contribution in [2.24, 2.45) is 5.92 Å². The predicted molar refractivity (Wildman–Crippen MR) is 110 cm³/mol. The second-order valence-corrected chi connectivity index (χ2v) is 8.92. The van der Waals surface area contributed by atoms with Crippen LogP contribution in [0.5, 0.6) is 0 Å². The van der Waals surface area contributed by atoms with Crippen LogP contribution in [0.25, 0.3) is 11.7 Å². The number of rotatable bonds is 4. The Kier molecular flexibility index (Phi) is 5.01. The van der Waals surface area contributed by atoms with Gasteiger partial charge in [0.25, 0.3) is 5.91 Å². The van der Waals surface area contributed by atoms with Crippen molar-refractivity contribution in [2.75, 3.05) is 11.4 Å². The van der Waals surface area contributed by atoms with E-state index in [0.29, 0.717) is 35.1 Å². The Morgan fingerprint density at radius 2 is 2.13 bits per heavy atom. The molecule has 1 aliphatic heterocycles. The first-order valence-corrected chi connectivity index (χ1v) is 10.1. The number of halogens is 1. The van der Waals surface area contributed by atoms with Crippen molar-refractivity contribution in [2.45, 2.75) is 45.6 Å². The summed E-state index contributed by atoms with van der Waals surface area (Å²) in [6.45, 7) is 5.90. The number of nitrogens with one attached hydrogen (secondary N) is 1. The van der Waals surface area contributed by atoms with Crippen LogP contribution in [0, 0.1) is 5.92 Å². The first kappa shape index (κ1) is 20.3. The number of aromatic nitrogens is 3. The molecule has 0 spiro atoms. The Labute approximate surface area is 178 Å². The van der Waals surface area contributed by atoms with Gasteiger partial charge in [0.1, 0.15) is 16.6 Å². The van der Waals surface area contributed by atoms with Crippen LogP contribution in [-0.2, 0) is 14.3 Å². The van der Waals surface area contributed by atoms with Crippen LogP contribution in [0.2, 0.25) is 5.15 Å². The summed E-state index contributed by atoms with van der Waals surface area (Å²) in [5, 5.41) is 6.78. The van der Waals surface area contributed by atoms with Crippen molar-refractivity contribution in [3.05, 3.63) is 28.6 Å². The normalized spacial score (nSPS) is 18.2. The lowest BCUT2D eigenvalue weighted by atomic mass is 10.1. The zero-order chi connectivity index (χ0) is 21.6. The highest BCUT2D eigenvalue weighted by atomic mass is 35.5. The van der Waals surface area contributed by atoms with Crippen LogP contribution >= 0.6 is 11.6 Å². The molecule has 3 heterocycles. The molecule has 0 radical (unpaired) electrons. The Bertz CT molecular complexity index is 1080. The quantitative estimate of drug-likeness (QED) is 0.453. The lowest BCUT2D eigenvalue weighted by molar-refractivity contribution is -0.124. The summed E-state index contributed by atoms with van der Waals surface area (Å²) in [4.78, 5) is 42.1. The third-order valence-electron chi connectivity index (χ3n) is 4.70. The van der Waals surface area contributed by atoms with E-state index in [4.69, 9.17) is 16.3 Å². The standard InChI is InChI=1S/C20H22ClN5O4/c1-20(2,3)30-19(29)25(10-11-4-5-11)16-8-14(21)23-17-13(9-22-26(16)17)6-12-7-15(27)24-18(12)28/h6,8-9,11H,4-5,7,10H2,1-3H3,(H,24,27,28)/b12-6+. The molecule has 2 aromatic heterocycles. The smallest absolute Gasteiger partial charge is 0.416 e. The van der Waals surface area contributed by atoms with E-state index >= 15 is 0 Å². The van der Waals surface area contributed by atoms with Crippen molar-refractivity contribution < 1.29 is 19.1 Å². The molecule has 3 amide bonds. The van der Waals surface area contributed by atoms with Crippen molar-refractivity contribution in [1.82, 2.24) is 19.9 Å². The van der Waals surface area contributed by atoms with Gasteiger partial charge in [-0.05, 0) is 45.6 Å². The number of hydrogen-bond donors (Lipinski definition) is 1. The molecule has 1 aliphatic carbocycles. The number of hydrogen-bond acceptors (Lipinski definition) is 6. The van der Waals surface area contributed by atoms with Crippen LogP contribution in [0.4, 0.5) is 10.6 Å². The van der Waals surface area contributed by atoms with Gasteiger partial charge in [-0.1, -0.05) is 11.6 Å². The van der Waals surface area contributed by atoms with Gasteiger partial charge in [0.15, 0.2) is 5.65 Å². The number of carbonyl (C=O) groups is 3. The number of anilines is 1. The molecule has 2 aliphatic rings. The molecule has 0 bridgehead atoms. The molecule has 2 aromatic rings. The van der Waals surface area contributed by atoms with Gasteiger partial charge in [-0.25, -0.2) is 9.78 Å². The van der Waals surface area contributed by atoms with E-state index in [1.54, 1.807) is 12.1 Å². The maximum Gasteiger partial charge on any atom is 0.416 e. The van der Waals surface area contributed by atoms with Gasteiger partial charge in [-0.3, -0.25) is 19.8 Å². The van der Waals surface area contributed by atoms with Gasteiger partial charge >= 0.3 is 6.09 Å². The fraction of sp³-hybridized carbons (Fsp3) is 0.450. The zero-order valence-corrected chi connectivity index (χ0v) is 17.7. The number of nitrogens with zero attached hydrogens (tertiary/aromatic N) is 4. The molecule has 9 nitrogen and oxygen atoms in total. The van der Waals surface area contributed by atoms with E-state index < -0.39 is 17.6 Å². The molecule has 2 fully saturated rings. The number of carbonyl (C=O) groups excluding carboxylic acids is 3. The largest absolute Gasteiger partial charge is 0.443 e. The van der Waals surface area contributed by atoms with Gasteiger partial charge in [0.05, 0.1) is 12.6 Å². The van der Waals surface area contributed by atoms with E-state index in [0.717, 1.165) is 12.8 Å². The summed E-state index contributed by atoms with van der Waals surface area (Å²) in [7, 11) is 0. The lowest BCUT2D eigenvalue weighted by Gasteiger charge is -2.27. The summed E-state index contributed by atoms with van der Waals surface area (Å²) < 4.78 is 7.09. The van der Waals surface area contributed by atoms with Crippen LogP contribution in [-0.4, -0.2) is 44.7 Å². The maximum absolute atomic E-state index is 12.9. The van der Waals surface area contributed by atoms with Crippen LogP contribution in [0.1, 0.15) is 45.6 Å². The highest BCUT2D eigenvalue weighted by Gasteiger charge is 2.32. The topological polar surface area (TPSA) is 106 Å². The summed E-state index contributed by atoms with van der Waals surface area (Å²) in [5.74, 6) is 0.0354. The monoisotopic (exact) mass is 431 g/mol. The fourth-order valence-corrected chi connectivity index (χ4v) is 3.35. The number of fused-ring (bicyclic) bond motifs is 1. The molecule has 30 heavy (non-hydrogen) atoms. The van der Waals surface area contributed by atoms with E-state index in [1.165, 1.54) is 15.6 Å². The second kappa shape index (κ2) is 7.39. The molecule has 4 rings (SSSR count). The molecule has 0 atom stereocenters. The minimum absolute atomic E-state index is 0.00465. The molecular weight excluding hydrogens is 410 g/mol. The van der Waals surface area contributed by atoms with E-state index in [9.17, 15) is 14.4 Å². The number of amides is 3. The Morgan fingerprint density at radius 1 is 1.40 bits per heavy atom.